The lowest BCUT2D eigenvalue weighted by atomic mass is 10.00. The van der Waals surface area contributed by atoms with Crippen LogP contribution in [0.3, 0.4) is 0 Å². The predicted molar refractivity (Wildman–Crippen MR) is 77.4 cm³/mol. The van der Waals surface area contributed by atoms with Crippen LogP contribution in [0.1, 0.15) is 28.5 Å². The molecule has 0 saturated carbocycles. The number of esters is 1. The Hall–Kier alpha value is -1.52. The van der Waals surface area contributed by atoms with Crippen molar-refractivity contribution in [1.82, 2.24) is 5.16 Å². The minimum absolute atomic E-state index is 0.268. The summed E-state index contributed by atoms with van der Waals surface area (Å²) in [6.07, 6.45) is 0. The summed E-state index contributed by atoms with van der Waals surface area (Å²) >= 11 is 12.3. The zero-order valence-corrected chi connectivity index (χ0v) is 12.8. The fourth-order valence-electron chi connectivity index (χ4n) is 1.91. The summed E-state index contributed by atoms with van der Waals surface area (Å²) in [7, 11) is 0. The van der Waals surface area contributed by atoms with E-state index in [9.17, 15) is 4.79 Å². The monoisotopic (exact) mass is 313 g/mol. The van der Waals surface area contributed by atoms with Crippen molar-refractivity contribution in [2.24, 2.45) is 0 Å². The third-order valence-corrected chi connectivity index (χ3v) is 3.64. The molecule has 1 aromatic heterocycles. The van der Waals surface area contributed by atoms with Gasteiger partial charge in [0, 0.05) is 11.6 Å². The Labute approximate surface area is 126 Å². The molecule has 0 aliphatic rings. The smallest absolute Gasteiger partial charge is 0.338 e. The second-order valence-electron chi connectivity index (χ2n) is 4.27. The number of hydrogen-bond donors (Lipinski definition) is 0. The minimum Gasteiger partial charge on any atom is -0.462 e. The van der Waals surface area contributed by atoms with Crippen molar-refractivity contribution in [3.05, 3.63) is 39.0 Å². The van der Waals surface area contributed by atoms with E-state index in [1.807, 2.05) is 0 Å². The molecule has 0 aliphatic heterocycles. The van der Waals surface area contributed by atoms with Crippen molar-refractivity contribution in [3.63, 3.8) is 0 Å². The van der Waals surface area contributed by atoms with Crippen molar-refractivity contribution in [2.45, 2.75) is 20.8 Å². The van der Waals surface area contributed by atoms with Crippen molar-refractivity contribution in [3.8, 4) is 11.3 Å². The lowest BCUT2D eigenvalue weighted by Gasteiger charge is -2.12. The number of benzene rings is 1. The van der Waals surface area contributed by atoms with Gasteiger partial charge >= 0.3 is 5.97 Å². The number of carbonyl (C=O) groups excluding carboxylic acids is 1. The second kappa shape index (κ2) is 5.85. The summed E-state index contributed by atoms with van der Waals surface area (Å²) in [5.74, 6) is 0.0269. The van der Waals surface area contributed by atoms with Gasteiger partial charge in [-0.1, -0.05) is 28.4 Å². The number of nitrogens with zero attached hydrogens (tertiary/aromatic N) is 1. The third-order valence-electron chi connectivity index (χ3n) is 2.85. The molecule has 20 heavy (non-hydrogen) atoms. The summed E-state index contributed by atoms with van der Waals surface area (Å²) in [6.45, 7) is 5.59. The molecule has 0 fully saturated rings. The number of carbonyl (C=O) groups is 1. The van der Waals surface area contributed by atoms with Crippen LogP contribution in [-0.2, 0) is 4.74 Å². The van der Waals surface area contributed by atoms with E-state index >= 15 is 0 Å². The van der Waals surface area contributed by atoms with Gasteiger partial charge < -0.3 is 9.26 Å². The van der Waals surface area contributed by atoms with Crippen molar-refractivity contribution in [2.75, 3.05) is 6.61 Å². The van der Waals surface area contributed by atoms with Crippen LogP contribution in [0.2, 0.25) is 10.0 Å². The number of halogens is 2. The molecule has 6 heteroatoms. The second-order valence-corrected chi connectivity index (χ2v) is 5.06. The molecule has 0 N–H and O–H groups in total. The topological polar surface area (TPSA) is 52.3 Å². The van der Waals surface area contributed by atoms with Crippen molar-refractivity contribution >= 4 is 29.2 Å². The molecule has 0 aliphatic carbocycles. The molecule has 2 aromatic rings. The van der Waals surface area contributed by atoms with Crippen LogP contribution < -0.4 is 0 Å². The summed E-state index contributed by atoms with van der Waals surface area (Å²) in [5.41, 5.74) is 2.29. The van der Waals surface area contributed by atoms with Crippen LogP contribution in [0.25, 0.3) is 11.3 Å². The molecule has 0 radical (unpaired) electrons. The Kier molecular flexibility index (Phi) is 4.35. The van der Waals surface area contributed by atoms with Gasteiger partial charge in [0.1, 0.15) is 0 Å². The number of rotatable bonds is 3. The van der Waals surface area contributed by atoms with E-state index < -0.39 is 5.97 Å². The highest BCUT2D eigenvalue weighted by molar-refractivity contribution is 6.44. The Balaban J connectivity index is 2.64. The van der Waals surface area contributed by atoms with E-state index in [1.54, 1.807) is 26.8 Å². The number of hydrogen-bond acceptors (Lipinski definition) is 4. The molecule has 106 valence electrons. The molecular formula is C14H13Cl2NO3. The Morgan fingerprint density at radius 3 is 2.60 bits per heavy atom. The minimum atomic E-state index is -0.443. The van der Waals surface area contributed by atoms with Crippen LogP contribution >= 0.6 is 23.2 Å². The molecule has 0 bridgehead atoms. The fourth-order valence-corrected chi connectivity index (χ4v) is 2.41. The number of ether oxygens (including phenoxy) is 1. The summed E-state index contributed by atoms with van der Waals surface area (Å²) in [6, 6.07) is 3.24. The summed E-state index contributed by atoms with van der Waals surface area (Å²) in [4.78, 5) is 11.9. The Bertz CT molecular complexity index is 665. The Morgan fingerprint density at radius 2 is 2.05 bits per heavy atom. The lowest BCUT2D eigenvalue weighted by molar-refractivity contribution is 0.0525. The molecule has 0 spiro atoms. The van der Waals surface area contributed by atoms with Gasteiger partial charge in [0.15, 0.2) is 5.76 Å². The molecule has 0 saturated heterocycles. The molecule has 1 heterocycles. The number of aryl methyl sites for hydroxylation is 1. The first-order chi connectivity index (χ1) is 9.45. The molecule has 0 amide bonds. The van der Waals surface area contributed by atoms with E-state index in [0.29, 0.717) is 33.2 Å². The van der Waals surface area contributed by atoms with Crippen LogP contribution in [-0.4, -0.2) is 17.7 Å². The first-order valence-electron chi connectivity index (χ1n) is 6.05. The standard InChI is InChI=1S/C14H13Cl2NO3/c1-4-19-14(18)9-6-10(15)13(16)12(8(9)3)11-5-7(2)17-20-11/h5-6H,4H2,1-3H3. The van der Waals surface area contributed by atoms with Gasteiger partial charge in [0.25, 0.3) is 0 Å². The van der Waals surface area contributed by atoms with Gasteiger partial charge in [0.05, 0.1) is 27.9 Å². The average Bonchev–Trinajstić information content (AvgIpc) is 2.81. The summed E-state index contributed by atoms with van der Waals surface area (Å²) in [5, 5.41) is 4.42. The number of aromatic nitrogens is 1. The Morgan fingerprint density at radius 1 is 1.35 bits per heavy atom. The predicted octanol–water partition coefficient (Wildman–Crippen LogP) is 4.44. The van der Waals surface area contributed by atoms with Crippen LogP contribution in [0.5, 0.6) is 0 Å². The van der Waals surface area contributed by atoms with Crippen molar-refractivity contribution < 1.29 is 14.1 Å². The van der Waals surface area contributed by atoms with Crippen LogP contribution in [0, 0.1) is 13.8 Å². The highest BCUT2D eigenvalue weighted by Gasteiger charge is 2.22. The van der Waals surface area contributed by atoms with Crippen LogP contribution in [0.4, 0.5) is 0 Å². The normalized spacial score (nSPS) is 10.7. The maximum atomic E-state index is 11.9. The van der Waals surface area contributed by atoms with E-state index in [4.69, 9.17) is 32.5 Å². The van der Waals surface area contributed by atoms with Gasteiger partial charge in [-0.3, -0.25) is 0 Å². The lowest BCUT2D eigenvalue weighted by Crippen LogP contribution is -2.08. The molecular weight excluding hydrogens is 301 g/mol. The average molecular weight is 314 g/mol. The largest absolute Gasteiger partial charge is 0.462 e. The first-order valence-corrected chi connectivity index (χ1v) is 6.80. The van der Waals surface area contributed by atoms with Gasteiger partial charge in [0.2, 0.25) is 0 Å². The van der Waals surface area contributed by atoms with Gasteiger partial charge in [-0.25, -0.2) is 4.79 Å². The maximum absolute atomic E-state index is 11.9. The van der Waals surface area contributed by atoms with Crippen LogP contribution in [0.15, 0.2) is 16.7 Å². The first kappa shape index (κ1) is 14.9. The molecule has 0 atom stereocenters. The molecule has 0 unspecified atom stereocenters. The molecule has 2 rings (SSSR count). The van der Waals surface area contributed by atoms with E-state index in [2.05, 4.69) is 5.16 Å². The summed E-state index contributed by atoms with van der Waals surface area (Å²) < 4.78 is 10.2. The van der Waals surface area contributed by atoms with E-state index in [-0.39, 0.29) is 11.6 Å². The quantitative estimate of drug-likeness (QED) is 0.786. The molecule has 4 nitrogen and oxygen atoms in total. The maximum Gasteiger partial charge on any atom is 0.338 e. The van der Waals surface area contributed by atoms with E-state index in [1.165, 1.54) is 6.07 Å². The zero-order chi connectivity index (χ0) is 14.9. The van der Waals surface area contributed by atoms with Gasteiger partial charge in [-0.05, 0) is 32.4 Å². The fraction of sp³-hybridized carbons (Fsp3) is 0.286. The highest BCUT2D eigenvalue weighted by Crippen LogP contribution is 2.38. The highest BCUT2D eigenvalue weighted by atomic mass is 35.5. The molecule has 1 aromatic carbocycles. The van der Waals surface area contributed by atoms with E-state index in [0.717, 1.165) is 0 Å². The zero-order valence-electron chi connectivity index (χ0n) is 11.3. The van der Waals surface area contributed by atoms with Gasteiger partial charge in [-0.2, -0.15) is 0 Å². The van der Waals surface area contributed by atoms with Gasteiger partial charge in [-0.15, -0.1) is 0 Å². The van der Waals surface area contributed by atoms with Crippen molar-refractivity contribution in [1.29, 1.82) is 0 Å². The third kappa shape index (κ3) is 2.67. The SMILES string of the molecule is CCOC(=O)c1cc(Cl)c(Cl)c(-c2cc(C)no2)c1C.